The van der Waals surface area contributed by atoms with Gasteiger partial charge in [0.25, 0.3) is 0 Å². The lowest BCUT2D eigenvalue weighted by atomic mass is 10.0. The molecule has 0 bridgehead atoms. The van der Waals surface area contributed by atoms with Gasteiger partial charge in [-0.15, -0.1) is 0 Å². The standard InChI is InChI=1S/C18H22N3O3/c19-18(23)16-7-1-2-10-21(16)11-13(22)12-24-17-8-3-6-15-14(17)5-4-9-20-15/h1,3-6,8-9,13,16,22H,2,7,10-12H2,(H2,19,23). The molecule has 1 radical (unpaired) electrons. The maximum Gasteiger partial charge on any atom is 0.234 e. The Hall–Kier alpha value is -2.18. The van der Waals surface area contributed by atoms with Gasteiger partial charge >= 0.3 is 0 Å². The molecule has 2 atom stereocenters. The zero-order chi connectivity index (χ0) is 16.9. The maximum atomic E-state index is 11.5. The highest BCUT2D eigenvalue weighted by atomic mass is 16.5. The van der Waals surface area contributed by atoms with Crippen LogP contribution in [0.4, 0.5) is 0 Å². The van der Waals surface area contributed by atoms with Gasteiger partial charge in [-0.2, -0.15) is 0 Å². The topological polar surface area (TPSA) is 88.7 Å². The van der Waals surface area contributed by atoms with Gasteiger partial charge in [0.2, 0.25) is 5.91 Å². The number of hydrogen-bond donors (Lipinski definition) is 2. The molecule has 6 heteroatoms. The van der Waals surface area contributed by atoms with Crippen molar-refractivity contribution in [1.29, 1.82) is 0 Å². The van der Waals surface area contributed by atoms with Crippen LogP contribution in [0.3, 0.4) is 0 Å². The summed E-state index contributed by atoms with van der Waals surface area (Å²) in [5.74, 6) is 0.345. The molecule has 24 heavy (non-hydrogen) atoms. The van der Waals surface area contributed by atoms with Crippen LogP contribution in [0.1, 0.15) is 12.8 Å². The Bertz CT molecular complexity index is 701. The first-order chi connectivity index (χ1) is 11.6. The number of likely N-dealkylation sites (tertiary alicyclic amines) is 1. The number of benzene rings is 1. The van der Waals surface area contributed by atoms with E-state index in [2.05, 4.69) is 11.4 Å². The molecule has 3 N–H and O–H groups in total. The van der Waals surface area contributed by atoms with Crippen molar-refractivity contribution in [2.45, 2.75) is 25.0 Å². The van der Waals surface area contributed by atoms with Gasteiger partial charge in [0.1, 0.15) is 18.5 Å². The predicted octanol–water partition coefficient (Wildman–Crippen LogP) is 1.13. The van der Waals surface area contributed by atoms with Crippen LogP contribution in [0.2, 0.25) is 0 Å². The van der Waals surface area contributed by atoms with Crippen LogP contribution in [0, 0.1) is 6.42 Å². The lowest BCUT2D eigenvalue weighted by molar-refractivity contribution is -0.124. The zero-order valence-corrected chi connectivity index (χ0v) is 13.5. The van der Waals surface area contributed by atoms with Crippen LogP contribution in [0.15, 0.2) is 36.5 Å². The fraction of sp³-hybridized carbons (Fsp3) is 0.389. The molecule has 1 aliphatic heterocycles. The minimum atomic E-state index is -0.697. The number of hydrogen-bond acceptors (Lipinski definition) is 5. The van der Waals surface area contributed by atoms with Crippen molar-refractivity contribution in [3.63, 3.8) is 0 Å². The average Bonchev–Trinajstić information content (AvgIpc) is 2.60. The highest BCUT2D eigenvalue weighted by Crippen LogP contribution is 2.24. The monoisotopic (exact) mass is 328 g/mol. The second-order valence-corrected chi connectivity index (χ2v) is 6.02. The van der Waals surface area contributed by atoms with E-state index in [4.69, 9.17) is 10.5 Å². The first-order valence-electron chi connectivity index (χ1n) is 8.15. The Balaban J connectivity index is 1.60. The van der Waals surface area contributed by atoms with Crippen molar-refractivity contribution < 1.29 is 14.6 Å². The number of nitrogens with zero attached hydrogens (tertiary/aromatic N) is 2. The Morgan fingerprint density at radius 2 is 2.29 bits per heavy atom. The van der Waals surface area contributed by atoms with E-state index in [-0.39, 0.29) is 18.6 Å². The number of aliphatic hydroxyl groups excluding tert-OH is 1. The lowest BCUT2D eigenvalue weighted by Crippen LogP contribution is -2.51. The van der Waals surface area contributed by atoms with E-state index in [9.17, 15) is 9.90 Å². The zero-order valence-electron chi connectivity index (χ0n) is 13.5. The minimum absolute atomic E-state index is 0.152. The summed E-state index contributed by atoms with van der Waals surface area (Å²) in [6.45, 7) is 1.24. The fourth-order valence-electron chi connectivity index (χ4n) is 3.06. The number of aromatic nitrogens is 1. The largest absolute Gasteiger partial charge is 0.490 e. The molecular weight excluding hydrogens is 306 g/mol. The first kappa shape index (κ1) is 16.7. The van der Waals surface area contributed by atoms with E-state index < -0.39 is 6.10 Å². The van der Waals surface area contributed by atoms with Crippen LogP contribution >= 0.6 is 0 Å². The lowest BCUT2D eigenvalue weighted by Gasteiger charge is -2.34. The molecule has 1 aromatic carbocycles. The summed E-state index contributed by atoms with van der Waals surface area (Å²) in [4.78, 5) is 17.7. The molecule has 0 spiro atoms. The molecule has 127 valence electrons. The van der Waals surface area contributed by atoms with E-state index in [0.29, 0.717) is 18.7 Å². The van der Waals surface area contributed by atoms with Crippen LogP contribution < -0.4 is 10.5 Å². The molecule has 0 aliphatic carbocycles. The number of carbonyl (C=O) groups is 1. The number of nitrogens with two attached hydrogens (primary N) is 1. The van der Waals surface area contributed by atoms with Crippen LogP contribution in [0.5, 0.6) is 5.75 Å². The van der Waals surface area contributed by atoms with Crippen molar-refractivity contribution in [3.05, 3.63) is 42.9 Å². The Kier molecular flexibility index (Phi) is 5.27. The number of rotatable bonds is 6. The minimum Gasteiger partial charge on any atom is -0.490 e. The van der Waals surface area contributed by atoms with Crippen LogP contribution in [-0.4, -0.2) is 52.7 Å². The summed E-state index contributed by atoms with van der Waals surface area (Å²) in [5.41, 5.74) is 6.29. The van der Waals surface area contributed by atoms with E-state index in [1.54, 1.807) is 6.20 Å². The van der Waals surface area contributed by atoms with Crippen LogP contribution in [0.25, 0.3) is 10.9 Å². The fourth-order valence-corrected chi connectivity index (χ4v) is 3.06. The molecule has 3 rings (SSSR count). The number of piperidine rings is 1. The number of fused-ring (bicyclic) bond motifs is 1. The Morgan fingerprint density at radius 1 is 1.42 bits per heavy atom. The Labute approximate surface area is 141 Å². The van der Waals surface area contributed by atoms with Gasteiger partial charge in [0.15, 0.2) is 0 Å². The molecule has 1 fully saturated rings. The molecule has 1 amide bonds. The number of primary amides is 1. The smallest absolute Gasteiger partial charge is 0.234 e. The van der Waals surface area contributed by atoms with Crippen molar-refractivity contribution in [2.75, 3.05) is 19.7 Å². The van der Waals surface area contributed by atoms with E-state index in [1.807, 2.05) is 35.2 Å². The van der Waals surface area contributed by atoms with Gasteiger partial charge in [-0.25, -0.2) is 0 Å². The van der Waals surface area contributed by atoms with Gasteiger partial charge in [-0.05, 0) is 50.1 Å². The molecule has 2 aromatic rings. The predicted molar refractivity (Wildman–Crippen MR) is 91.3 cm³/mol. The maximum absolute atomic E-state index is 11.5. The van der Waals surface area contributed by atoms with Crippen molar-refractivity contribution in [3.8, 4) is 5.75 Å². The number of pyridine rings is 1. The number of β-amino-alcohol motifs (C(OH)–C–C–N with tert-alkyl or cyclic N) is 1. The SMILES string of the molecule is NC(=O)C1C[CH]CCN1CC(O)COc1cccc2ncccc12. The first-order valence-corrected chi connectivity index (χ1v) is 8.15. The highest BCUT2D eigenvalue weighted by molar-refractivity contribution is 5.84. The third-order valence-electron chi connectivity index (χ3n) is 4.26. The number of carbonyl (C=O) groups excluding carboxylic acids is 1. The Morgan fingerprint density at radius 3 is 3.12 bits per heavy atom. The van der Waals surface area contributed by atoms with Crippen molar-refractivity contribution in [1.82, 2.24) is 9.88 Å². The third-order valence-corrected chi connectivity index (χ3v) is 4.26. The molecule has 2 heterocycles. The summed E-state index contributed by atoms with van der Waals surface area (Å²) < 4.78 is 5.78. The van der Waals surface area contributed by atoms with E-state index in [0.717, 1.165) is 23.9 Å². The van der Waals surface area contributed by atoms with Gasteiger partial charge in [-0.1, -0.05) is 6.07 Å². The van der Waals surface area contributed by atoms with Gasteiger partial charge in [-0.3, -0.25) is 14.7 Å². The second kappa shape index (κ2) is 7.59. The number of ether oxygens (including phenoxy) is 1. The molecule has 2 unspecified atom stereocenters. The second-order valence-electron chi connectivity index (χ2n) is 6.02. The molecule has 1 saturated heterocycles. The highest BCUT2D eigenvalue weighted by Gasteiger charge is 2.28. The summed E-state index contributed by atoms with van der Waals surface area (Å²) in [6.07, 6.45) is 4.64. The summed E-state index contributed by atoms with van der Waals surface area (Å²) >= 11 is 0. The van der Waals surface area contributed by atoms with Crippen molar-refractivity contribution >= 4 is 16.8 Å². The van der Waals surface area contributed by atoms with Gasteiger partial charge in [0, 0.05) is 18.1 Å². The molecular formula is C18H22N3O3. The summed E-state index contributed by atoms with van der Waals surface area (Å²) in [5, 5.41) is 11.2. The average molecular weight is 328 g/mol. The van der Waals surface area contributed by atoms with Gasteiger partial charge < -0.3 is 15.6 Å². The van der Waals surface area contributed by atoms with E-state index in [1.165, 1.54) is 0 Å². The molecule has 1 aromatic heterocycles. The third kappa shape index (κ3) is 3.83. The molecule has 1 aliphatic rings. The number of aliphatic hydroxyl groups is 1. The number of amides is 1. The molecule has 0 saturated carbocycles. The summed E-state index contributed by atoms with van der Waals surface area (Å²) in [7, 11) is 0. The van der Waals surface area contributed by atoms with Crippen LogP contribution in [-0.2, 0) is 4.79 Å². The quantitative estimate of drug-likeness (QED) is 0.830. The molecule has 6 nitrogen and oxygen atoms in total. The van der Waals surface area contributed by atoms with Crippen molar-refractivity contribution in [2.24, 2.45) is 5.73 Å². The van der Waals surface area contributed by atoms with E-state index >= 15 is 0 Å². The normalized spacial score (nSPS) is 20.0. The van der Waals surface area contributed by atoms with Gasteiger partial charge in [0.05, 0.1) is 11.6 Å². The summed E-state index contributed by atoms with van der Waals surface area (Å²) in [6, 6.07) is 9.11.